The van der Waals surface area contributed by atoms with Gasteiger partial charge in [-0.3, -0.25) is 4.98 Å². The molecule has 0 saturated carbocycles. The summed E-state index contributed by atoms with van der Waals surface area (Å²) in [5.74, 6) is 0.242. The highest BCUT2D eigenvalue weighted by Crippen LogP contribution is 2.28. The van der Waals surface area contributed by atoms with Gasteiger partial charge in [-0.1, -0.05) is 11.6 Å². The SMILES string of the molecule is CC(C)(C)NCc1cncc(Oc2ccc(F)cc2Cl)n1. The van der Waals surface area contributed by atoms with Gasteiger partial charge in [0.2, 0.25) is 5.88 Å². The second-order valence-electron chi connectivity index (χ2n) is 5.63. The second kappa shape index (κ2) is 6.37. The monoisotopic (exact) mass is 309 g/mol. The average Bonchev–Trinajstić information content (AvgIpc) is 2.39. The van der Waals surface area contributed by atoms with Crippen molar-refractivity contribution in [3.8, 4) is 11.6 Å². The first-order chi connectivity index (χ1) is 9.83. The van der Waals surface area contributed by atoms with Crippen molar-refractivity contribution in [2.24, 2.45) is 0 Å². The Morgan fingerprint density at radius 1 is 1.29 bits per heavy atom. The number of nitrogens with one attached hydrogen (secondary N) is 1. The van der Waals surface area contributed by atoms with E-state index in [1.54, 1.807) is 6.20 Å². The molecule has 2 aromatic rings. The van der Waals surface area contributed by atoms with Gasteiger partial charge in [-0.15, -0.1) is 0 Å². The first-order valence-electron chi connectivity index (χ1n) is 6.52. The Hall–Kier alpha value is -1.72. The van der Waals surface area contributed by atoms with Gasteiger partial charge in [0.15, 0.2) is 0 Å². The molecule has 0 aliphatic heterocycles. The van der Waals surface area contributed by atoms with Crippen molar-refractivity contribution in [2.75, 3.05) is 0 Å². The Kier molecular flexibility index (Phi) is 4.75. The first-order valence-corrected chi connectivity index (χ1v) is 6.90. The molecule has 0 bridgehead atoms. The van der Waals surface area contributed by atoms with E-state index in [9.17, 15) is 4.39 Å². The van der Waals surface area contributed by atoms with E-state index in [-0.39, 0.29) is 10.6 Å². The minimum Gasteiger partial charge on any atom is -0.436 e. The zero-order valence-corrected chi connectivity index (χ0v) is 12.9. The molecule has 112 valence electrons. The Morgan fingerprint density at radius 2 is 2.05 bits per heavy atom. The molecule has 0 radical (unpaired) electrons. The van der Waals surface area contributed by atoms with Crippen molar-refractivity contribution in [1.82, 2.24) is 15.3 Å². The summed E-state index contributed by atoms with van der Waals surface area (Å²) in [7, 11) is 0. The molecule has 1 aromatic carbocycles. The number of nitrogens with zero attached hydrogens (tertiary/aromatic N) is 2. The molecular weight excluding hydrogens is 293 g/mol. The van der Waals surface area contributed by atoms with Crippen molar-refractivity contribution in [2.45, 2.75) is 32.9 Å². The zero-order valence-electron chi connectivity index (χ0n) is 12.2. The Balaban J connectivity index is 2.10. The molecule has 4 nitrogen and oxygen atoms in total. The molecule has 1 N–H and O–H groups in total. The number of ether oxygens (including phenoxy) is 1. The molecule has 1 heterocycles. The molecule has 0 spiro atoms. The van der Waals surface area contributed by atoms with E-state index in [0.717, 1.165) is 5.69 Å². The summed E-state index contributed by atoms with van der Waals surface area (Å²) in [6, 6.07) is 3.93. The van der Waals surface area contributed by atoms with Crippen molar-refractivity contribution in [3.05, 3.63) is 47.1 Å². The van der Waals surface area contributed by atoms with Gasteiger partial charge in [0.05, 0.1) is 16.9 Å². The molecule has 0 atom stereocenters. The number of hydrogen-bond donors (Lipinski definition) is 1. The predicted octanol–water partition coefficient (Wildman–Crippen LogP) is 3.95. The molecule has 0 saturated heterocycles. The van der Waals surface area contributed by atoms with E-state index in [2.05, 4.69) is 36.1 Å². The highest BCUT2D eigenvalue weighted by atomic mass is 35.5. The van der Waals surface area contributed by atoms with Gasteiger partial charge in [0.25, 0.3) is 0 Å². The fraction of sp³-hybridized carbons (Fsp3) is 0.333. The molecule has 21 heavy (non-hydrogen) atoms. The van der Waals surface area contributed by atoms with Crippen LogP contribution >= 0.6 is 11.6 Å². The minimum atomic E-state index is -0.415. The fourth-order valence-electron chi connectivity index (χ4n) is 1.55. The van der Waals surface area contributed by atoms with Crippen LogP contribution in [0, 0.1) is 5.82 Å². The molecule has 0 unspecified atom stereocenters. The van der Waals surface area contributed by atoms with Crippen molar-refractivity contribution >= 4 is 11.6 Å². The molecular formula is C15H17ClFN3O. The van der Waals surface area contributed by atoms with E-state index in [0.29, 0.717) is 18.2 Å². The van der Waals surface area contributed by atoms with Crippen molar-refractivity contribution in [3.63, 3.8) is 0 Å². The maximum Gasteiger partial charge on any atom is 0.238 e. The summed E-state index contributed by atoms with van der Waals surface area (Å²) in [6.45, 7) is 6.78. The van der Waals surface area contributed by atoms with Gasteiger partial charge in [-0.05, 0) is 39.0 Å². The lowest BCUT2D eigenvalue weighted by Crippen LogP contribution is -2.35. The van der Waals surface area contributed by atoms with Crippen molar-refractivity contribution < 1.29 is 9.13 Å². The van der Waals surface area contributed by atoms with E-state index >= 15 is 0 Å². The van der Waals surface area contributed by atoms with Gasteiger partial charge >= 0.3 is 0 Å². The van der Waals surface area contributed by atoms with Gasteiger partial charge < -0.3 is 10.1 Å². The molecule has 0 aliphatic rings. The Bertz CT molecular complexity index is 629. The third-order valence-electron chi connectivity index (χ3n) is 2.57. The number of halogens is 2. The van der Waals surface area contributed by atoms with Crippen LogP contribution in [0.15, 0.2) is 30.6 Å². The third kappa shape index (κ3) is 4.95. The molecule has 6 heteroatoms. The van der Waals surface area contributed by atoms with Crippen LogP contribution in [0.1, 0.15) is 26.5 Å². The standard InChI is InChI=1S/C15H17ClFN3O/c1-15(2,3)19-8-11-7-18-9-14(20-11)21-13-5-4-10(17)6-12(13)16/h4-7,9,19H,8H2,1-3H3. The number of hydrogen-bond acceptors (Lipinski definition) is 4. The molecule has 0 fully saturated rings. The highest BCUT2D eigenvalue weighted by Gasteiger charge is 2.10. The maximum atomic E-state index is 13.0. The summed E-state index contributed by atoms with van der Waals surface area (Å²) in [4.78, 5) is 8.42. The van der Waals surface area contributed by atoms with Gasteiger partial charge in [0, 0.05) is 18.3 Å². The molecule has 0 amide bonds. The molecule has 1 aromatic heterocycles. The van der Waals surface area contributed by atoms with Crippen LogP contribution in [0.4, 0.5) is 4.39 Å². The number of aromatic nitrogens is 2. The molecule has 2 rings (SSSR count). The van der Waals surface area contributed by atoms with Crippen LogP contribution < -0.4 is 10.1 Å². The van der Waals surface area contributed by atoms with Crippen LogP contribution in [-0.4, -0.2) is 15.5 Å². The normalized spacial score (nSPS) is 11.5. The first kappa shape index (κ1) is 15.7. The van der Waals surface area contributed by atoms with E-state index in [4.69, 9.17) is 16.3 Å². The van der Waals surface area contributed by atoms with Crippen LogP contribution in [0.25, 0.3) is 0 Å². The van der Waals surface area contributed by atoms with E-state index in [1.807, 2.05) is 0 Å². The Morgan fingerprint density at radius 3 is 2.71 bits per heavy atom. The minimum absolute atomic E-state index is 0.0151. The van der Waals surface area contributed by atoms with Gasteiger partial charge in [-0.2, -0.15) is 0 Å². The topological polar surface area (TPSA) is 47.0 Å². The highest BCUT2D eigenvalue weighted by molar-refractivity contribution is 6.32. The lowest BCUT2D eigenvalue weighted by molar-refractivity contribution is 0.414. The average molecular weight is 310 g/mol. The lowest BCUT2D eigenvalue weighted by Gasteiger charge is -2.20. The summed E-state index contributed by atoms with van der Waals surface area (Å²) in [6.07, 6.45) is 3.15. The van der Waals surface area contributed by atoms with E-state index in [1.165, 1.54) is 24.4 Å². The van der Waals surface area contributed by atoms with Crippen LogP contribution in [0.2, 0.25) is 5.02 Å². The summed E-state index contributed by atoms with van der Waals surface area (Å²) < 4.78 is 18.5. The Labute approximate surface area is 128 Å². The van der Waals surface area contributed by atoms with Crippen LogP contribution in [0.3, 0.4) is 0 Å². The quantitative estimate of drug-likeness (QED) is 0.929. The summed E-state index contributed by atoms with van der Waals surface area (Å²) >= 11 is 5.91. The fourth-order valence-corrected chi connectivity index (χ4v) is 1.75. The largest absolute Gasteiger partial charge is 0.436 e. The second-order valence-corrected chi connectivity index (χ2v) is 6.04. The summed E-state index contributed by atoms with van der Waals surface area (Å²) in [5, 5.41) is 3.50. The zero-order chi connectivity index (χ0) is 15.5. The lowest BCUT2D eigenvalue weighted by atomic mass is 10.1. The van der Waals surface area contributed by atoms with Gasteiger partial charge in [-0.25, -0.2) is 9.37 Å². The van der Waals surface area contributed by atoms with E-state index < -0.39 is 5.82 Å². The predicted molar refractivity (Wildman–Crippen MR) is 80.1 cm³/mol. The number of benzene rings is 1. The maximum absolute atomic E-state index is 13.0. The smallest absolute Gasteiger partial charge is 0.238 e. The third-order valence-corrected chi connectivity index (χ3v) is 2.87. The number of rotatable bonds is 4. The summed E-state index contributed by atoms with van der Waals surface area (Å²) in [5.41, 5.74) is 0.736. The molecule has 0 aliphatic carbocycles. The van der Waals surface area contributed by atoms with Crippen LogP contribution in [0.5, 0.6) is 11.6 Å². The van der Waals surface area contributed by atoms with Crippen LogP contribution in [-0.2, 0) is 6.54 Å². The van der Waals surface area contributed by atoms with Crippen molar-refractivity contribution in [1.29, 1.82) is 0 Å². The van der Waals surface area contributed by atoms with Gasteiger partial charge in [0.1, 0.15) is 11.6 Å².